The third-order valence-corrected chi connectivity index (χ3v) is 20.5. The van der Waals surface area contributed by atoms with Crippen LogP contribution in [0, 0.1) is 0 Å². The van der Waals surface area contributed by atoms with Gasteiger partial charge in [-0.25, -0.2) is 0 Å². The first-order valence-corrected chi connectivity index (χ1v) is 16.0. The monoisotopic (exact) mass is 406 g/mol. The molecule has 4 saturated carbocycles. The maximum atomic E-state index is 12.6. The van der Waals surface area contributed by atoms with Gasteiger partial charge in [0.2, 0.25) is 0 Å². The Morgan fingerprint density at radius 3 is 0.929 bits per heavy atom. The molecular formula is C26H47OP. The summed E-state index contributed by atoms with van der Waals surface area (Å²) in [5.74, 6) is 0. The van der Waals surface area contributed by atoms with E-state index in [9.17, 15) is 4.79 Å². The average molecular weight is 407 g/mol. The third kappa shape index (κ3) is 3.44. The first-order chi connectivity index (χ1) is 13.8. The van der Waals surface area contributed by atoms with E-state index in [1.807, 2.05) is 0 Å². The van der Waals surface area contributed by atoms with Crippen LogP contribution in [-0.2, 0) is 4.79 Å². The van der Waals surface area contributed by atoms with Crippen LogP contribution in [0.4, 0.5) is 0 Å². The minimum absolute atomic E-state index is 0.972. The normalized spacial score (nSPS) is 29.2. The van der Waals surface area contributed by atoms with E-state index in [2.05, 4.69) is 0 Å². The number of rotatable bonds is 6. The Morgan fingerprint density at radius 2 is 0.714 bits per heavy atom. The summed E-state index contributed by atoms with van der Waals surface area (Å²) in [6.45, 7) is -2.13. The maximum absolute atomic E-state index is 12.6. The van der Waals surface area contributed by atoms with Crippen LogP contribution in [0.25, 0.3) is 0 Å². The second-order valence-electron chi connectivity index (χ2n) is 11.1. The molecule has 4 fully saturated rings. The van der Waals surface area contributed by atoms with Crippen molar-refractivity contribution in [3.8, 4) is 0 Å². The number of carbonyl (C=O) groups is 1. The van der Waals surface area contributed by atoms with E-state index in [0.717, 1.165) is 28.8 Å². The SMILES string of the molecule is O=CCP(C1CCCCC1)(C1CCCCC1)(C1CCCCC1)C1CCCCC1. The Kier molecular flexibility index (Phi) is 7.23. The van der Waals surface area contributed by atoms with Crippen molar-refractivity contribution < 1.29 is 4.79 Å². The van der Waals surface area contributed by atoms with Gasteiger partial charge in [0.15, 0.2) is 0 Å². The van der Waals surface area contributed by atoms with E-state index in [1.165, 1.54) is 135 Å². The molecule has 28 heavy (non-hydrogen) atoms. The second kappa shape index (κ2) is 9.49. The summed E-state index contributed by atoms with van der Waals surface area (Å²) < 4.78 is 0. The Morgan fingerprint density at radius 1 is 0.464 bits per heavy atom. The molecule has 2 heteroatoms. The van der Waals surface area contributed by atoms with Crippen LogP contribution >= 0.6 is 6.60 Å². The molecule has 162 valence electrons. The standard InChI is InChI=1S/C26H47OP/c27-21-22-28(23-13-5-1-6-14-23,24-15-7-2-8-16-24,25-17-9-3-10-18-25)26-19-11-4-12-20-26/h21,23-26H,1-20,22H2. The molecule has 0 N–H and O–H groups in total. The molecule has 0 amide bonds. The number of hydrogen-bond donors (Lipinski definition) is 0. The van der Waals surface area contributed by atoms with Crippen LogP contribution in [-0.4, -0.2) is 35.1 Å². The van der Waals surface area contributed by atoms with E-state index >= 15 is 0 Å². The summed E-state index contributed by atoms with van der Waals surface area (Å²) in [5.41, 5.74) is 3.89. The van der Waals surface area contributed by atoms with Crippen LogP contribution in [0.3, 0.4) is 0 Å². The first-order valence-electron chi connectivity index (χ1n) is 13.3. The second-order valence-corrected chi connectivity index (χ2v) is 17.7. The van der Waals surface area contributed by atoms with Gasteiger partial charge < -0.3 is 0 Å². The van der Waals surface area contributed by atoms with Crippen LogP contribution in [0.15, 0.2) is 0 Å². The molecule has 0 unspecified atom stereocenters. The van der Waals surface area contributed by atoms with Gasteiger partial charge in [0, 0.05) is 0 Å². The van der Waals surface area contributed by atoms with Crippen molar-refractivity contribution in [1.82, 2.24) is 0 Å². The van der Waals surface area contributed by atoms with Crippen molar-refractivity contribution in [3.05, 3.63) is 0 Å². The summed E-state index contributed by atoms with van der Waals surface area (Å²) in [6.07, 6.45) is 32.1. The van der Waals surface area contributed by atoms with Crippen molar-refractivity contribution in [1.29, 1.82) is 0 Å². The Hall–Kier alpha value is 0.100. The fraction of sp³-hybridized carbons (Fsp3) is 0.962. The zero-order valence-corrected chi connectivity index (χ0v) is 19.5. The van der Waals surface area contributed by atoms with Crippen LogP contribution in [0.2, 0.25) is 0 Å². The zero-order valence-electron chi connectivity index (χ0n) is 18.6. The topological polar surface area (TPSA) is 17.1 Å². The van der Waals surface area contributed by atoms with Crippen LogP contribution < -0.4 is 0 Å². The predicted octanol–water partition coefficient (Wildman–Crippen LogP) is 8.07. The Bertz CT molecular complexity index is 407. The van der Waals surface area contributed by atoms with Crippen LogP contribution in [0.5, 0.6) is 0 Å². The Balaban J connectivity index is 1.88. The molecule has 0 aromatic heterocycles. The summed E-state index contributed by atoms with van der Waals surface area (Å²) >= 11 is 0. The number of hydrogen-bond acceptors (Lipinski definition) is 1. The molecule has 0 heterocycles. The van der Waals surface area contributed by atoms with E-state index < -0.39 is 6.60 Å². The summed E-state index contributed by atoms with van der Waals surface area (Å²) in [7, 11) is 0. The van der Waals surface area contributed by atoms with Gasteiger partial charge in [0.25, 0.3) is 0 Å². The van der Waals surface area contributed by atoms with Gasteiger partial charge in [-0.3, -0.25) is 0 Å². The Labute approximate surface area is 175 Å². The van der Waals surface area contributed by atoms with Crippen molar-refractivity contribution >= 4 is 12.9 Å². The fourth-order valence-electron chi connectivity index (χ4n) is 9.40. The quantitative estimate of drug-likeness (QED) is 0.322. The minimum atomic E-state index is -2.13. The van der Waals surface area contributed by atoms with Gasteiger partial charge >= 0.3 is 175 Å². The molecule has 0 saturated heterocycles. The molecule has 0 atom stereocenters. The summed E-state index contributed by atoms with van der Waals surface area (Å²) in [5, 5.41) is 0. The average Bonchev–Trinajstić information content (AvgIpc) is 2.80. The van der Waals surface area contributed by atoms with Crippen molar-refractivity contribution in [3.63, 3.8) is 0 Å². The number of aldehydes is 1. The zero-order chi connectivity index (χ0) is 19.3. The van der Waals surface area contributed by atoms with E-state index in [4.69, 9.17) is 0 Å². The van der Waals surface area contributed by atoms with Gasteiger partial charge in [0.05, 0.1) is 0 Å². The van der Waals surface area contributed by atoms with Crippen molar-refractivity contribution in [2.45, 2.75) is 151 Å². The van der Waals surface area contributed by atoms with Gasteiger partial charge in [-0.1, -0.05) is 0 Å². The van der Waals surface area contributed by atoms with Crippen LogP contribution in [0.1, 0.15) is 128 Å². The van der Waals surface area contributed by atoms with E-state index in [1.54, 1.807) is 0 Å². The fourth-order valence-corrected chi connectivity index (χ4v) is 21.0. The molecule has 0 aliphatic heterocycles. The van der Waals surface area contributed by atoms with Crippen molar-refractivity contribution in [2.24, 2.45) is 0 Å². The molecular weight excluding hydrogens is 359 g/mol. The van der Waals surface area contributed by atoms with E-state index in [0.29, 0.717) is 0 Å². The third-order valence-electron chi connectivity index (χ3n) is 10.4. The van der Waals surface area contributed by atoms with Crippen molar-refractivity contribution in [2.75, 3.05) is 6.16 Å². The molecule has 0 spiro atoms. The first kappa shape index (κ1) is 21.3. The predicted molar refractivity (Wildman–Crippen MR) is 125 cm³/mol. The molecule has 4 aliphatic rings. The summed E-state index contributed by atoms with van der Waals surface area (Å²) in [6, 6.07) is 0. The molecule has 0 bridgehead atoms. The summed E-state index contributed by atoms with van der Waals surface area (Å²) in [4.78, 5) is 12.6. The molecule has 1 nitrogen and oxygen atoms in total. The molecule has 4 rings (SSSR count). The molecule has 0 aromatic carbocycles. The molecule has 4 aliphatic carbocycles. The molecule has 0 radical (unpaired) electrons. The van der Waals surface area contributed by atoms with Gasteiger partial charge in [-0.05, 0) is 0 Å². The van der Waals surface area contributed by atoms with Gasteiger partial charge in [-0.2, -0.15) is 0 Å². The van der Waals surface area contributed by atoms with Gasteiger partial charge in [0.1, 0.15) is 0 Å². The number of carbonyl (C=O) groups excluding carboxylic acids is 1. The molecule has 0 aromatic rings. The van der Waals surface area contributed by atoms with Gasteiger partial charge in [-0.15, -0.1) is 0 Å². The van der Waals surface area contributed by atoms with E-state index in [-0.39, 0.29) is 0 Å².